The maximum atomic E-state index is 12.9. The van der Waals surface area contributed by atoms with Gasteiger partial charge in [-0.05, 0) is 13.0 Å². The van der Waals surface area contributed by atoms with E-state index < -0.39 is 12.4 Å². The highest BCUT2D eigenvalue weighted by molar-refractivity contribution is 5.72. The maximum Gasteiger partial charge on any atom is 0.311 e. The Kier molecular flexibility index (Phi) is 5.62. The number of nitrogens with zero attached hydrogens (tertiary/aromatic N) is 1. The van der Waals surface area contributed by atoms with E-state index >= 15 is 0 Å². The molecular weight excluding hydrogens is 258 g/mol. The Bertz CT molecular complexity index is 453. The SMILES string of the molecule is CCOC(=O)Cc1cc(C(F)F)c(CN)c(OC)n1. The first-order chi connectivity index (χ1) is 9.03. The van der Waals surface area contributed by atoms with E-state index in [1.54, 1.807) is 6.92 Å². The van der Waals surface area contributed by atoms with E-state index in [2.05, 4.69) is 4.98 Å². The summed E-state index contributed by atoms with van der Waals surface area (Å²) in [5.74, 6) is -0.516. The third-order valence-electron chi connectivity index (χ3n) is 2.44. The molecule has 0 fully saturated rings. The van der Waals surface area contributed by atoms with E-state index in [9.17, 15) is 13.6 Å². The predicted octanol–water partition coefficient (Wildman–Crippen LogP) is 1.59. The van der Waals surface area contributed by atoms with Crippen molar-refractivity contribution in [2.45, 2.75) is 26.3 Å². The monoisotopic (exact) mass is 274 g/mol. The molecule has 0 saturated carbocycles. The van der Waals surface area contributed by atoms with Crippen LogP contribution in [0.1, 0.15) is 30.2 Å². The number of rotatable bonds is 6. The zero-order chi connectivity index (χ0) is 14.4. The largest absolute Gasteiger partial charge is 0.481 e. The van der Waals surface area contributed by atoms with Crippen LogP contribution in [-0.2, 0) is 22.5 Å². The number of hydrogen-bond donors (Lipinski definition) is 1. The quantitative estimate of drug-likeness (QED) is 0.797. The van der Waals surface area contributed by atoms with E-state index in [4.69, 9.17) is 15.2 Å². The predicted molar refractivity (Wildman–Crippen MR) is 64.0 cm³/mol. The number of carbonyl (C=O) groups excluding carboxylic acids is 1. The van der Waals surface area contributed by atoms with Crippen LogP contribution in [-0.4, -0.2) is 24.7 Å². The van der Waals surface area contributed by atoms with Gasteiger partial charge < -0.3 is 15.2 Å². The van der Waals surface area contributed by atoms with Crippen molar-refractivity contribution < 1.29 is 23.0 Å². The molecule has 0 aliphatic rings. The molecule has 1 heterocycles. The number of hydrogen-bond acceptors (Lipinski definition) is 5. The van der Waals surface area contributed by atoms with Crippen LogP contribution in [0.2, 0.25) is 0 Å². The number of alkyl halides is 2. The van der Waals surface area contributed by atoms with Crippen LogP contribution < -0.4 is 10.5 Å². The Labute approximate surface area is 109 Å². The van der Waals surface area contributed by atoms with Crippen LogP contribution in [0.15, 0.2) is 6.07 Å². The van der Waals surface area contributed by atoms with Crippen LogP contribution in [0, 0.1) is 0 Å². The Morgan fingerprint density at radius 1 is 1.53 bits per heavy atom. The van der Waals surface area contributed by atoms with E-state index in [-0.39, 0.29) is 42.3 Å². The molecule has 1 rings (SSSR count). The molecular formula is C12H16F2N2O3. The molecule has 0 saturated heterocycles. The van der Waals surface area contributed by atoms with Gasteiger partial charge in [0.15, 0.2) is 0 Å². The average Bonchev–Trinajstić information content (AvgIpc) is 2.37. The third kappa shape index (κ3) is 3.85. The summed E-state index contributed by atoms with van der Waals surface area (Å²) in [4.78, 5) is 15.3. The number of nitrogens with two attached hydrogens (primary N) is 1. The van der Waals surface area contributed by atoms with E-state index in [1.165, 1.54) is 7.11 Å². The Morgan fingerprint density at radius 2 is 2.21 bits per heavy atom. The van der Waals surface area contributed by atoms with Crippen molar-refractivity contribution in [3.05, 3.63) is 22.9 Å². The first kappa shape index (κ1) is 15.3. The molecule has 0 aliphatic carbocycles. The van der Waals surface area contributed by atoms with Crippen molar-refractivity contribution in [1.29, 1.82) is 0 Å². The highest BCUT2D eigenvalue weighted by Gasteiger charge is 2.20. The summed E-state index contributed by atoms with van der Waals surface area (Å²) < 4.78 is 35.6. The van der Waals surface area contributed by atoms with Crippen molar-refractivity contribution in [2.75, 3.05) is 13.7 Å². The van der Waals surface area contributed by atoms with Gasteiger partial charge in [-0.3, -0.25) is 4.79 Å². The molecule has 0 aliphatic heterocycles. The minimum Gasteiger partial charge on any atom is -0.481 e. The second-order valence-corrected chi connectivity index (χ2v) is 3.68. The van der Waals surface area contributed by atoms with Gasteiger partial charge in [0, 0.05) is 17.7 Å². The molecule has 0 unspecified atom stereocenters. The topological polar surface area (TPSA) is 74.4 Å². The van der Waals surface area contributed by atoms with Gasteiger partial charge >= 0.3 is 5.97 Å². The second kappa shape index (κ2) is 6.98. The number of methoxy groups -OCH3 is 1. The molecule has 2 N–H and O–H groups in total. The Morgan fingerprint density at radius 3 is 2.68 bits per heavy atom. The molecule has 0 spiro atoms. The second-order valence-electron chi connectivity index (χ2n) is 3.68. The lowest BCUT2D eigenvalue weighted by molar-refractivity contribution is -0.142. The summed E-state index contributed by atoms with van der Waals surface area (Å²) in [7, 11) is 1.31. The number of aromatic nitrogens is 1. The lowest BCUT2D eigenvalue weighted by Crippen LogP contribution is -2.12. The highest BCUT2D eigenvalue weighted by Crippen LogP contribution is 2.29. The van der Waals surface area contributed by atoms with Crippen LogP contribution in [0.3, 0.4) is 0 Å². The standard InChI is InChI=1S/C12H16F2N2O3/c1-3-19-10(17)5-7-4-8(11(13)14)9(6-15)12(16-7)18-2/h4,11H,3,5-6,15H2,1-2H3. The summed E-state index contributed by atoms with van der Waals surface area (Å²) in [6.45, 7) is 1.77. The molecule has 0 amide bonds. The maximum absolute atomic E-state index is 12.9. The Hall–Kier alpha value is -1.76. The average molecular weight is 274 g/mol. The number of esters is 1. The number of ether oxygens (including phenoxy) is 2. The van der Waals surface area contributed by atoms with Crippen LogP contribution >= 0.6 is 0 Å². The molecule has 19 heavy (non-hydrogen) atoms. The van der Waals surface area contributed by atoms with Crippen molar-refractivity contribution in [2.24, 2.45) is 5.73 Å². The van der Waals surface area contributed by atoms with Crippen molar-refractivity contribution in [3.8, 4) is 5.88 Å². The Balaban J connectivity index is 3.13. The third-order valence-corrected chi connectivity index (χ3v) is 2.44. The highest BCUT2D eigenvalue weighted by atomic mass is 19.3. The summed E-state index contributed by atoms with van der Waals surface area (Å²) >= 11 is 0. The molecule has 0 bridgehead atoms. The fraction of sp³-hybridized carbons (Fsp3) is 0.500. The van der Waals surface area contributed by atoms with Crippen LogP contribution in [0.4, 0.5) is 8.78 Å². The molecule has 5 nitrogen and oxygen atoms in total. The summed E-state index contributed by atoms with van der Waals surface area (Å²) in [5, 5.41) is 0. The van der Waals surface area contributed by atoms with E-state index in [0.717, 1.165) is 6.07 Å². The zero-order valence-corrected chi connectivity index (χ0v) is 10.8. The van der Waals surface area contributed by atoms with Gasteiger partial charge in [0.1, 0.15) is 0 Å². The van der Waals surface area contributed by atoms with Crippen molar-refractivity contribution in [3.63, 3.8) is 0 Å². The fourth-order valence-corrected chi connectivity index (χ4v) is 1.64. The first-order valence-corrected chi connectivity index (χ1v) is 5.73. The molecule has 0 aromatic carbocycles. The number of carbonyl (C=O) groups is 1. The normalized spacial score (nSPS) is 10.6. The van der Waals surface area contributed by atoms with Crippen LogP contribution in [0.25, 0.3) is 0 Å². The molecule has 1 aromatic heterocycles. The fourth-order valence-electron chi connectivity index (χ4n) is 1.64. The van der Waals surface area contributed by atoms with Gasteiger partial charge in [-0.15, -0.1) is 0 Å². The molecule has 1 aromatic rings. The van der Waals surface area contributed by atoms with E-state index in [0.29, 0.717) is 0 Å². The van der Waals surface area contributed by atoms with E-state index in [1.807, 2.05) is 0 Å². The summed E-state index contributed by atoms with van der Waals surface area (Å²) in [6.07, 6.45) is -2.90. The van der Waals surface area contributed by atoms with Gasteiger partial charge in [-0.2, -0.15) is 0 Å². The molecule has 0 radical (unpaired) electrons. The number of pyridine rings is 1. The molecule has 0 atom stereocenters. The lowest BCUT2D eigenvalue weighted by atomic mass is 10.1. The van der Waals surface area contributed by atoms with Gasteiger partial charge in [-0.25, -0.2) is 13.8 Å². The van der Waals surface area contributed by atoms with Gasteiger partial charge in [0.25, 0.3) is 6.43 Å². The summed E-state index contributed by atoms with van der Waals surface area (Å²) in [5.41, 5.74) is 5.46. The minimum absolute atomic E-state index is 0.0135. The minimum atomic E-state index is -2.71. The van der Waals surface area contributed by atoms with Gasteiger partial charge in [0.05, 0.1) is 25.8 Å². The molecule has 106 valence electrons. The zero-order valence-electron chi connectivity index (χ0n) is 10.8. The lowest BCUT2D eigenvalue weighted by Gasteiger charge is -2.13. The van der Waals surface area contributed by atoms with Crippen molar-refractivity contribution >= 4 is 5.97 Å². The van der Waals surface area contributed by atoms with Crippen molar-refractivity contribution in [1.82, 2.24) is 4.98 Å². The van der Waals surface area contributed by atoms with Gasteiger partial charge in [0.2, 0.25) is 5.88 Å². The van der Waals surface area contributed by atoms with Gasteiger partial charge in [-0.1, -0.05) is 0 Å². The number of halogens is 2. The molecule has 7 heteroatoms. The van der Waals surface area contributed by atoms with Crippen LogP contribution in [0.5, 0.6) is 5.88 Å². The smallest absolute Gasteiger partial charge is 0.311 e. The first-order valence-electron chi connectivity index (χ1n) is 5.73. The summed E-state index contributed by atoms with van der Waals surface area (Å²) in [6, 6.07) is 1.16.